The van der Waals surface area contributed by atoms with Gasteiger partial charge in [-0.1, -0.05) is 11.8 Å². The molecule has 0 spiro atoms. The SMILES string of the molecule is CC(Sc1ncnc2ccsc12)C(=O)c1ccc(F)cc1. The summed E-state index contributed by atoms with van der Waals surface area (Å²) in [5.74, 6) is -0.383. The average molecular weight is 318 g/mol. The summed E-state index contributed by atoms with van der Waals surface area (Å²) in [5.41, 5.74) is 1.40. The number of rotatable bonds is 4. The first-order valence-corrected chi connectivity index (χ1v) is 8.06. The summed E-state index contributed by atoms with van der Waals surface area (Å²) < 4.78 is 13.9. The van der Waals surface area contributed by atoms with Crippen LogP contribution in [-0.2, 0) is 0 Å². The van der Waals surface area contributed by atoms with E-state index in [1.165, 1.54) is 42.4 Å². The fourth-order valence-corrected chi connectivity index (χ4v) is 3.83. The number of hydrogen-bond acceptors (Lipinski definition) is 5. The number of Topliss-reactive ketones (excluding diaryl/α,β-unsaturated/α-hetero) is 1. The number of thiophene rings is 1. The van der Waals surface area contributed by atoms with Crippen molar-refractivity contribution in [1.82, 2.24) is 9.97 Å². The van der Waals surface area contributed by atoms with Crippen LogP contribution < -0.4 is 0 Å². The maximum absolute atomic E-state index is 12.9. The highest BCUT2D eigenvalue weighted by Crippen LogP contribution is 2.32. The second-order valence-electron chi connectivity index (χ2n) is 4.45. The largest absolute Gasteiger partial charge is 0.293 e. The summed E-state index contributed by atoms with van der Waals surface area (Å²) in [6.45, 7) is 1.83. The lowest BCUT2D eigenvalue weighted by Crippen LogP contribution is -2.13. The third kappa shape index (κ3) is 2.96. The molecule has 0 aliphatic rings. The molecule has 0 aliphatic carbocycles. The van der Waals surface area contributed by atoms with E-state index in [4.69, 9.17) is 0 Å². The molecule has 1 aromatic carbocycles. The number of carbonyl (C=O) groups is 1. The number of halogens is 1. The molecule has 0 aliphatic heterocycles. The normalized spacial score (nSPS) is 12.5. The summed E-state index contributed by atoms with van der Waals surface area (Å²) in [7, 11) is 0. The molecule has 3 rings (SSSR count). The van der Waals surface area contributed by atoms with Crippen molar-refractivity contribution < 1.29 is 9.18 Å². The highest BCUT2D eigenvalue weighted by Gasteiger charge is 2.19. The van der Waals surface area contributed by atoms with Gasteiger partial charge in [0.2, 0.25) is 0 Å². The first-order chi connectivity index (χ1) is 10.1. The van der Waals surface area contributed by atoms with Crippen LogP contribution >= 0.6 is 23.1 Å². The molecule has 1 atom stereocenters. The molecule has 0 amide bonds. The molecule has 1 unspecified atom stereocenters. The highest BCUT2D eigenvalue weighted by molar-refractivity contribution is 8.00. The number of benzene rings is 1. The second-order valence-corrected chi connectivity index (χ2v) is 6.69. The van der Waals surface area contributed by atoms with E-state index in [-0.39, 0.29) is 16.9 Å². The molecule has 0 saturated carbocycles. The van der Waals surface area contributed by atoms with Gasteiger partial charge in [-0.3, -0.25) is 4.79 Å². The van der Waals surface area contributed by atoms with E-state index in [0.29, 0.717) is 5.56 Å². The lowest BCUT2D eigenvalue weighted by Gasteiger charge is -2.10. The smallest absolute Gasteiger partial charge is 0.175 e. The first-order valence-electron chi connectivity index (χ1n) is 6.30. The van der Waals surface area contributed by atoms with Crippen molar-refractivity contribution >= 4 is 39.1 Å². The topological polar surface area (TPSA) is 42.9 Å². The summed E-state index contributed by atoms with van der Waals surface area (Å²) >= 11 is 2.96. The number of ketones is 1. The van der Waals surface area contributed by atoms with Gasteiger partial charge in [-0.2, -0.15) is 0 Å². The summed E-state index contributed by atoms with van der Waals surface area (Å²) in [4.78, 5) is 20.8. The monoisotopic (exact) mass is 318 g/mol. The molecule has 106 valence electrons. The number of aromatic nitrogens is 2. The zero-order chi connectivity index (χ0) is 14.8. The standard InChI is InChI=1S/C15H11FN2OS2/c1-9(13(19)10-2-4-11(16)5-3-10)21-15-14-12(6-7-20-14)17-8-18-15/h2-9H,1H3. The molecule has 0 saturated heterocycles. The van der Waals surface area contributed by atoms with E-state index in [0.717, 1.165) is 15.2 Å². The number of thioether (sulfide) groups is 1. The van der Waals surface area contributed by atoms with Crippen LogP contribution in [0.2, 0.25) is 0 Å². The van der Waals surface area contributed by atoms with E-state index < -0.39 is 0 Å². The van der Waals surface area contributed by atoms with E-state index in [1.807, 2.05) is 18.4 Å². The Bertz CT molecular complexity index is 786. The third-order valence-electron chi connectivity index (χ3n) is 3.00. The van der Waals surface area contributed by atoms with Crippen LogP contribution in [0.25, 0.3) is 10.2 Å². The molecular formula is C15H11FN2OS2. The highest BCUT2D eigenvalue weighted by atomic mass is 32.2. The van der Waals surface area contributed by atoms with Crippen molar-refractivity contribution in [3.8, 4) is 0 Å². The van der Waals surface area contributed by atoms with Gasteiger partial charge in [-0.05, 0) is 42.6 Å². The van der Waals surface area contributed by atoms with Crippen LogP contribution in [-0.4, -0.2) is 21.0 Å². The van der Waals surface area contributed by atoms with Crippen LogP contribution in [0.4, 0.5) is 4.39 Å². The van der Waals surface area contributed by atoms with Gasteiger partial charge in [0.15, 0.2) is 5.78 Å². The van der Waals surface area contributed by atoms with Crippen LogP contribution in [0.5, 0.6) is 0 Å². The molecule has 6 heteroatoms. The minimum absolute atomic E-state index is 0.0386. The molecular weight excluding hydrogens is 307 g/mol. The minimum atomic E-state index is -0.344. The Hall–Kier alpha value is -1.79. The lowest BCUT2D eigenvalue weighted by atomic mass is 10.1. The molecule has 0 N–H and O–H groups in total. The van der Waals surface area contributed by atoms with E-state index in [1.54, 1.807) is 11.3 Å². The van der Waals surface area contributed by atoms with Gasteiger partial charge in [-0.15, -0.1) is 11.3 Å². The summed E-state index contributed by atoms with van der Waals surface area (Å²) in [6.07, 6.45) is 1.51. The molecule has 0 bridgehead atoms. The fraction of sp³-hybridized carbons (Fsp3) is 0.133. The van der Waals surface area contributed by atoms with Crippen molar-refractivity contribution in [2.45, 2.75) is 17.2 Å². The molecule has 0 radical (unpaired) electrons. The third-order valence-corrected chi connectivity index (χ3v) is 5.14. The molecule has 21 heavy (non-hydrogen) atoms. The number of fused-ring (bicyclic) bond motifs is 1. The predicted molar refractivity (Wildman–Crippen MR) is 83.5 cm³/mol. The van der Waals surface area contributed by atoms with Gasteiger partial charge in [0.1, 0.15) is 17.2 Å². The first kappa shape index (κ1) is 14.2. The number of hydrogen-bond donors (Lipinski definition) is 0. The fourth-order valence-electron chi connectivity index (χ4n) is 1.92. The van der Waals surface area contributed by atoms with Crippen molar-refractivity contribution in [2.24, 2.45) is 0 Å². The molecule has 2 aromatic heterocycles. The Kier molecular flexibility index (Phi) is 3.98. The van der Waals surface area contributed by atoms with Crippen molar-refractivity contribution in [1.29, 1.82) is 0 Å². The molecule has 3 aromatic rings. The Morgan fingerprint density at radius 2 is 2.00 bits per heavy atom. The van der Waals surface area contributed by atoms with Crippen molar-refractivity contribution in [3.05, 3.63) is 53.4 Å². The van der Waals surface area contributed by atoms with Crippen molar-refractivity contribution in [2.75, 3.05) is 0 Å². The Morgan fingerprint density at radius 3 is 2.76 bits per heavy atom. The summed E-state index contributed by atoms with van der Waals surface area (Å²) in [5, 5.41) is 2.46. The van der Waals surface area contributed by atoms with E-state index in [9.17, 15) is 9.18 Å². The molecule has 3 nitrogen and oxygen atoms in total. The lowest BCUT2D eigenvalue weighted by molar-refractivity contribution is 0.0994. The Labute approximate surface area is 129 Å². The number of carbonyl (C=O) groups excluding carboxylic acids is 1. The molecule has 2 heterocycles. The van der Waals surface area contributed by atoms with Gasteiger partial charge in [0, 0.05) is 5.56 Å². The average Bonchev–Trinajstić information content (AvgIpc) is 2.97. The quantitative estimate of drug-likeness (QED) is 0.411. The predicted octanol–water partition coefficient (Wildman–Crippen LogP) is 4.19. The van der Waals surface area contributed by atoms with E-state index in [2.05, 4.69) is 9.97 Å². The zero-order valence-corrected chi connectivity index (χ0v) is 12.7. The van der Waals surface area contributed by atoms with Gasteiger partial charge < -0.3 is 0 Å². The molecule has 0 fully saturated rings. The number of nitrogens with zero attached hydrogens (tertiary/aromatic N) is 2. The minimum Gasteiger partial charge on any atom is -0.293 e. The summed E-state index contributed by atoms with van der Waals surface area (Å²) in [6, 6.07) is 7.54. The van der Waals surface area contributed by atoms with Gasteiger partial charge in [-0.25, -0.2) is 14.4 Å². The van der Waals surface area contributed by atoms with Crippen molar-refractivity contribution in [3.63, 3.8) is 0 Å². The van der Waals surface area contributed by atoms with Gasteiger partial charge >= 0.3 is 0 Å². The van der Waals surface area contributed by atoms with Crippen LogP contribution in [0.1, 0.15) is 17.3 Å². The Balaban J connectivity index is 1.82. The van der Waals surface area contributed by atoms with E-state index >= 15 is 0 Å². The van der Waals surface area contributed by atoms with Gasteiger partial charge in [0.05, 0.1) is 15.5 Å². The second kappa shape index (κ2) is 5.91. The van der Waals surface area contributed by atoms with Crippen LogP contribution in [0.3, 0.4) is 0 Å². The maximum Gasteiger partial charge on any atom is 0.175 e. The van der Waals surface area contributed by atoms with Crippen LogP contribution in [0, 0.1) is 5.82 Å². The van der Waals surface area contributed by atoms with Crippen LogP contribution in [0.15, 0.2) is 47.1 Å². The Morgan fingerprint density at radius 1 is 1.24 bits per heavy atom. The zero-order valence-electron chi connectivity index (χ0n) is 11.1. The maximum atomic E-state index is 12.9. The van der Waals surface area contributed by atoms with Gasteiger partial charge in [0.25, 0.3) is 0 Å².